The Bertz CT molecular complexity index is 659. The molecule has 2 amide bonds. The SMILES string of the molecule is CC(OCCCNC(=O)CCCNC(=O)c1ccsc1)c1ccccc1. The van der Waals surface area contributed by atoms with Crippen LogP contribution >= 0.6 is 11.3 Å². The van der Waals surface area contributed by atoms with E-state index in [1.54, 1.807) is 6.07 Å². The van der Waals surface area contributed by atoms with Crippen molar-refractivity contribution < 1.29 is 14.3 Å². The molecule has 0 saturated carbocycles. The summed E-state index contributed by atoms with van der Waals surface area (Å²) in [6.45, 7) is 3.73. The van der Waals surface area contributed by atoms with Gasteiger partial charge in [0.2, 0.25) is 5.91 Å². The molecule has 1 aromatic carbocycles. The molecule has 2 rings (SSSR count). The first-order chi connectivity index (χ1) is 12.7. The Labute approximate surface area is 158 Å². The summed E-state index contributed by atoms with van der Waals surface area (Å²) in [6, 6.07) is 11.9. The highest BCUT2D eigenvalue weighted by Gasteiger charge is 2.06. The van der Waals surface area contributed by atoms with E-state index in [1.165, 1.54) is 11.3 Å². The summed E-state index contributed by atoms with van der Waals surface area (Å²) >= 11 is 1.49. The molecule has 1 unspecified atom stereocenters. The zero-order valence-corrected chi connectivity index (χ0v) is 15.9. The number of hydrogen-bond donors (Lipinski definition) is 2. The molecule has 0 radical (unpaired) electrons. The zero-order chi connectivity index (χ0) is 18.6. The second kappa shape index (κ2) is 11.4. The molecule has 5 nitrogen and oxygen atoms in total. The maximum absolute atomic E-state index is 11.8. The van der Waals surface area contributed by atoms with E-state index in [-0.39, 0.29) is 17.9 Å². The number of thiophene rings is 1. The molecule has 0 aliphatic rings. The van der Waals surface area contributed by atoms with Crippen LogP contribution in [0.3, 0.4) is 0 Å². The third kappa shape index (κ3) is 7.37. The molecule has 0 aliphatic heterocycles. The fraction of sp³-hybridized carbons (Fsp3) is 0.400. The Morgan fingerprint density at radius 3 is 2.58 bits per heavy atom. The predicted octanol–water partition coefficient (Wildman–Crippen LogP) is 3.54. The quantitative estimate of drug-likeness (QED) is 0.591. The topological polar surface area (TPSA) is 67.4 Å². The van der Waals surface area contributed by atoms with Crippen molar-refractivity contribution in [2.45, 2.75) is 32.3 Å². The summed E-state index contributed by atoms with van der Waals surface area (Å²) in [5.41, 5.74) is 1.82. The van der Waals surface area contributed by atoms with Crippen LogP contribution in [0.25, 0.3) is 0 Å². The minimum atomic E-state index is -0.0867. The Morgan fingerprint density at radius 1 is 1.08 bits per heavy atom. The van der Waals surface area contributed by atoms with Crippen LogP contribution in [-0.2, 0) is 9.53 Å². The summed E-state index contributed by atoms with van der Waals surface area (Å²) in [4.78, 5) is 23.5. The lowest BCUT2D eigenvalue weighted by Gasteiger charge is -2.13. The first-order valence-electron chi connectivity index (χ1n) is 8.90. The maximum atomic E-state index is 11.8. The van der Waals surface area contributed by atoms with Crippen molar-refractivity contribution in [2.75, 3.05) is 19.7 Å². The molecule has 140 valence electrons. The molecule has 2 N–H and O–H groups in total. The van der Waals surface area contributed by atoms with Gasteiger partial charge in [0.05, 0.1) is 6.10 Å². The van der Waals surface area contributed by atoms with Crippen LogP contribution in [0.15, 0.2) is 47.2 Å². The lowest BCUT2D eigenvalue weighted by atomic mass is 10.1. The first-order valence-corrected chi connectivity index (χ1v) is 9.84. The van der Waals surface area contributed by atoms with E-state index >= 15 is 0 Å². The summed E-state index contributed by atoms with van der Waals surface area (Å²) in [7, 11) is 0. The largest absolute Gasteiger partial charge is 0.374 e. The number of hydrogen-bond acceptors (Lipinski definition) is 4. The number of carbonyl (C=O) groups is 2. The summed E-state index contributed by atoms with van der Waals surface area (Å²) in [5, 5.41) is 9.37. The van der Waals surface area contributed by atoms with Gasteiger partial charge in [-0.15, -0.1) is 0 Å². The Balaban J connectivity index is 1.47. The molecule has 2 aromatic rings. The molecule has 1 aromatic heterocycles. The van der Waals surface area contributed by atoms with Gasteiger partial charge in [0, 0.05) is 37.1 Å². The highest BCUT2D eigenvalue weighted by molar-refractivity contribution is 7.08. The Morgan fingerprint density at radius 2 is 1.85 bits per heavy atom. The van der Waals surface area contributed by atoms with Crippen molar-refractivity contribution in [3.63, 3.8) is 0 Å². The van der Waals surface area contributed by atoms with E-state index in [4.69, 9.17) is 4.74 Å². The van der Waals surface area contributed by atoms with Gasteiger partial charge in [-0.1, -0.05) is 30.3 Å². The van der Waals surface area contributed by atoms with Crippen molar-refractivity contribution in [1.29, 1.82) is 0 Å². The molecule has 1 heterocycles. The van der Waals surface area contributed by atoms with Gasteiger partial charge >= 0.3 is 0 Å². The number of carbonyl (C=O) groups excluding carboxylic acids is 2. The van der Waals surface area contributed by atoms with E-state index in [0.717, 1.165) is 12.0 Å². The Kier molecular flexibility index (Phi) is 8.86. The smallest absolute Gasteiger partial charge is 0.252 e. The van der Waals surface area contributed by atoms with Crippen molar-refractivity contribution in [3.05, 3.63) is 58.3 Å². The molecule has 0 bridgehead atoms. The lowest BCUT2D eigenvalue weighted by molar-refractivity contribution is -0.121. The van der Waals surface area contributed by atoms with Crippen molar-refractivity contribution in [2.24, 2.45) is 0 Å². The van der Waals surface area contributed by atoms with E-state index in [0.29, 0.717) is 38.1 Å². The second-order valence-electron chi connectivity index (χ2n) is 6.00. The Hall–Kier alpha value is -2.18. The van der Waals surface area contributed by atoms with Gasteiger partial charge in [-0.3, -0.25) is 9.59 Å². The van der Waals surface area contributed by atoms with E-state index in [2.05, 4.69) is 10.6 Å². The van der Waals surface area contributed by atoms with Crippen molar-refractivity contribution >= 4 is 23.2 Å². The van der Waals surface area contributed by atoms with Gasteiger partial charge < -0.3 is 15.4 Å². The predicted molar refractivity (Wildman–Crippen MR) is 104 cm³/mol. The molecule has 0 fully saturated rings. The fourth-order valence-corrected chi connectivity index (χ4v) is 3.05. The average molecular weight is 375 g/mol. The second-order valence-corrected chi connectivity index (χ2v) is 6.78. The van der Waals surface area contributed by atoms with Crippen LogP contribution in [0, 0.1) is 0 Å². The first kappa shape index (κ1) is 20.1. The van der Waals surface area contributed by atoms with Gasteiger partial charge in [0.15, 0.2) is 0 Å². The van der Waals surface area contributed by atoms with Gasteiger partial charge in [-0.25, -0.2) is 0 Å². The third-order valence-electron chi connectivity index (χ3n) is 3.93. The van der Waals surface area contributed by atoms with E-state index in [9.17, 15) is 9.59 Å². The molecule has 0 spiro atoms. The van der Waals surface area contributed by atoms with Gasteiger partial charge in [-0.05, 0) is 36.8 Å². The normalized spacial score (nSPS) is 11.7. The van der Waals surface area contributed by atoms with Gasteiger partial charge in [0.25, 0.3) is 5.91 Å². The van der Waals surface area contributed by atoms with Crippen LogP contribution in [-0.4, -0.2) is 31.5 Å². The molecular formula is C20H26N2O3S. The average Bonchev–Trinajstić information content (AvgIpc) is 3.20. The van der Waals surface area contributed by atoms with Crippen LogP contribution in [0.2, 0.25) is 0 Å². The number of benzene rings is 1. The van der Waals surface area contributed by atoms with Gasteiger partial charge in [0.1, 0.15) is 0 Å². The van der Waals surface area contributed by atoms with Crippen molar-refractivity contribution in [3.8, 4) is 0 Å². The van der Waals surface area contributed by atoms with Gasteiger partial charge in [-0.2, -0.15) is 11.3 Å². The minimum Gasteiger partial charge on any atom is -0.374 e. The molecular weight excluding hydrogens is 348 g/mol. The highest BCUT2D eigenvalue weighted by atomic mass is 32.1. The monoisotopic (exact) mass is 374 g/mol. The highest BCUT2D eigenvalue weighted by Crippen LogP contribution is 2.15. The van der Waals surface area contributed by atoms with E-state index < -0.39 is 0 Å². The standard InChI is InChI=1S/C20H26N2O3S/c1-16(17-7-3-2-4-8-17)25-13-6-12-21-19(23)9-5-11-22-20(24)18-10-14-26-15-18/h2-4,7-8,10,14-16H,5-6,9,11-13H2,1H3,(H,21,23)(H,22,24). The lowest BCUT2D eigenvalue weighted by Crippen LogP contribution is -2.28. The van der Waals surface area contributed by atoms with Crippen LogP contribution < -0.4 is 10.6 Å². The molecule has 0 aliphatic carbocycles. The number of amides is 2. The van der Waals surface area contributed by atoms with Crippen LogP contribution in [0.1, 0.15) is 48.2 Å². The minimum absolute atomic E-state index is 0.00545. The van der Waals surface area contributed by atoms with Crippen LogP contribution in [0.4, 0.5) is 0 Å². The molecule has 6 heteroatoms. The van der Waals surface area contributed by atoms with E-state index in [1.807, 2.05) is 48.0 Å². The molecule has 0 saturated heterocycles. The van der Waals surface area contributed by atoms with Crippen LogP contribution in [0.5, 0.6) is 0 Å². The third-order valence-corrected chi connectivity index (χ3v) is 4.61. The molecule has 1 atom stereocenters. The number of rotatable bonds is 11. The summed E-state index contributed by atoms with van der Waals surface area (Å²) in [5.74, 6) is -0.0813. The fourth-order valence-electron chi connectivity index (χ4n) is 2.42. The number of nitrogens with one attached hydrogen (secondary N) is 2. The number of ether oxygens (including phenoxy) is 1. The summed E-state index contributed by atoms with van der Waals surface area (Å²) in [6.07, 6.45) is 1.87. The molecule has 26 heavy (non-hydrogen) atoms. The summed E-state index contributed by atoms with van der Waals surface area (Å²) < 4.78 is 5.77. The zero-order valence-electron chi connectivity index (χ0n) is 15.1. The van der Waals surface area contributed by atoms with Crippen molar-refractivity contribution in [1.82, 2.24) is 10.6 Å². The maximum Gasteiger partial charge on any atom is 0.252 e.